The van der Waals surface area contributed by atoms with Crippen LogP contribution in [0.2, 0.25) is 18.1 Å². The van der Waals surface area contributed by atoms with Crippen LogP contribution in [0.3, 0.4) is 0 Å². The number of sulfone groups is 1. The number of benzene rings is 2. The lowest BCUT2D eigenvalue weighted by atomic mass is 10.0. The van der Waals surface area contributed by atoms with Gasteiger partial charge in [-0.25, -0.2) is 8.42 Å². The highest BCUT2D eigenvalue weighted by molar-refractivity contribution is 7.98. The predicted octanol–water partition coefficient (Wildman–Crippen LogP) is 10.4. The Morgan fingerprint density at radius 2 is 1.46 bits per heavy atom. The number of hydrogen-bond acceptors (Lipinski definition) is 8. The molecule has 0 amide bonds. The molecule has 52 heavy (non-hydrogen) atoms. The van der Waals surface area contributed by atoms with Gasteiger partial charge in [-0.1, -0.05) is 75.4 Å². The van der Waals surface area contributed by atoms with Crippen LogP contribution in [-0.2, 0) is 32.9 Å². The average Bonchev–Trinajstić information content (AvgIpc) is 3.14. The Kier molecular flexibility index (Phi) is 14.9. The lowest BCUT2D eigenvalue weighted by molar-refractivity contribution is 0.215. The fourth-order valence-corrected chi connectivity index (χ4v) is 9.72. The highest BCUT2D eigenvalue weighted by Crippen LogP contribution is 2.40. The van der Waals surface area contributed by atoms with E-state index in [1.807, 2.05) is 42.5 Å². The van der Waals surface area contributed by atoms with Crippen LogP contribution in [0.4, 0.5) is 0 Å². The molecule has 7 nitrogen and oxygen atoms in total. The molecule has 0 aliphatic carbocycles. The number of hydrogen-bond donors (Lipinski definition) is 0. The lowest BCUT2D eigenvalue weighted by Gasteiger charge is -2.38. The summed E-state index contributed by atoms with van der Waals surface area (Å²) in [4.78, 5) is 10.9. The summed E-state index contributed by atoms with van der Waals surface area (Å²) >= 11 is 1.74. The van der Waals surface area contributed by atoms with E-state index in [2.05, 4.69) is 58.7 Å². The van der Waals surface area contributed by atoms with Crippen LogP contribution < -0.4 is 9.47 Å². The molecule has 0 bridgehead atoms. The molecule has 2 heterocycles. The van der Waals surface area contributed by atoms with Crippen molar-refractivity contribution in [2.24, 2.45) is 0 Å². The minimum atomic E-state index is -3.83. The maximum atomic E-state index is 14.4. The zero-order valence-corrected chi connectivity index (χ0v) is 34.3. The Bertz CT molecular complexity index is 1880. The van der Waals surface area contributed by atoms with Crippen LogP contribution in [0.1, 0.15) is 67.8 Å². The Balaban J connectivity index is 1.60. The van der Waals surface area contributed by atoms with Gasteiger partial charge in [0, 0.05) is 34.2 Å². The third-order valence-corrected chi connectivity index (χ3v) is 17.4. The van der Waals surface area contributed by atoms with Crippen LogP contribution in [0.25, 0.3) is 0 Å². The Hall–Kier alpha value is -3.70. The molecule has 0 aliphatic heterocycles. The molecule has 0 N–H and O–H groups in total. The highest BCUT2D eigenvalue weighted by Gasteiger charge is 2.39. The molecule has 2 unspecified atom stereocenters. The van der Waals surface area contributed by atoms with Gasteiger partial charge in [0.15, 0.2) is 18.2 Å². The van der Waals surface area contributed by atoms with E-state index in [9.17, 15) is 8.42 Å². The average molecular weight is 759 g/mol. The second-order valence-corrected chi connectivity index (χ2v) is 22.1. The molecule has 2 aromatic carbocycles. The van der Waals surface area contributed by atoms with Crippen molar-refractivity contribution in [3.8, 4) is 11.5 Å². The maximum Gasteiger partial charge on any atom is 0.192 e. The minimum Gasteiger partial charge on any atom is -0.496 e. The van der Waals surface area contributed by atoms with Gasteiger partial charge in [0.05, 0.1) is 36.6 Å². The van der Waals surface area contributed by atoms with Crippen molar-refractivity contribution in [3.05, 3.63) is 133 Å². The predicted molar refractivity (Wildman–Crippen MR) is 217 cm³/mol. The number of ether oxygens (including phenoxy) is 2. The van der Waals surface area contributed by atoms with Crippen LogP contribution in [0.5, 0.6) is 11.5 Å². The Morgan fingerprint density at radius 3 is 2.08 bits per heavy atom. The van der Waals surface area contributed by atoms with Gasteiger partial charge in [-0.15, -0.1) is 18.3 Å². The molecule has 2 atom stereocenters. The van der Waals surface area contributed by atoms with Gasteiger partial charge >= 0.3 is 0 Å². The molecule has 0 saturated heterocycles. The van der Waals surface area contributed by atoms with Crippen LogP contribution in [-0.4, -0.2) is 47.0 Å². The molecule has 0 spiro atoms. The summed E-state index contributed by atoms with van der Waals surface area (Å²) in [7, 11) is -2.62. The van der Waals surface area contributed by atoms with E-state index in [-0.39, 0.29) is 22.5 Å². The fourth-order valence-electron chi connectivity index (χ4n) is 5.77. The molecule has 10 heteroatoms. The monoisotopic (exact) mass is 758 g/mol. The molecule has 0 fully saturated rings. The molecular weight excluding hydrogens is 705 g/mol. The van der Waals surface area contributed by atoms with Crippen LogP contribution >= 0.6 is 11.8 Å². The first kappa shape index (κ1) is 41.1. The third-order valence-electron chi connectivity index (χ3n) is 9.73. The number of aromatic nitrogens is 2. The normalized spacial score (nSPS) is 13.5. The van der Waals surface area contributed by atoms with Gasteiger partial charge in [0.25, 0.3) is 0 Å². The summed E-state index contributed by atoms with van der Waals surface area (Å²) < 4.78 is 47.0. The first-order chi connectivity index (χ1) is 24.8. The largest absolute Gasteiger partial charge is 0.496 e. The smallest absolute Gasteiger partial charge is 0.192 e. The molecule has 0 radical (unpaired) electrons. The van der Waals surface area contributed by atoms with Gasteiger partial charge in [-0.2, -0.15) is 0 Å². The van der Waals surface area contributed by atoms with Gasteiger partial charge in [-0.3, -0.25) is 9.97 Å². The van der Waals surface area contributed by atoms with Crippen molar-refractivity contribution in [3.63, 3.8) is 0 Å². The van der Waals surface area contributed by atoms with Crippen LogP contribution in [0, 0.1) is 0 Å². The zero-order chi connectivity index (χ0) is 37.8. The number of allylic oxidation sites excluding steroid dienone is 2. The summed E-state index contributed by atoms with van der Waals surface area (Å²) in [5, 5.41) is -0.886. The number of pyridine rings is 2. The maximum absolute atomic E-state index is 14.4. The van der Waals surface area contributed by atoms with Crippen molar-refractivity contribution in [2.75, 3.05) is 14.2 Å². The number of nitrogens with zero attached hydrogens (tertiary/aromatic N) is 2. The fraction of sp³-hybridized carbons (Fsp3) is 0.381. The standard InChI is InChI=1S/C42H54N2O5S2Si/c1-9-32(49-52(7,8)42(2,3)4)25-26-36-39(48-6)28-30-44-41(36)40(51(45,46)34-21-15-11-16-22-34)24-18-12-17-23-35-37(43-29-27-38(35)47-5)31-50-33-19-13-10-14-20-33/h9-16,18-22,27-30,32,40H,1,17,23-26,31H2,2-8H3/b18-12+. The third kappa shape index (κ3) is 10.7. The van der Waals surface area contributed by atoms with Gasteiger partial charge in [-0.05, 0) is 86.6 Å². The van der Waals surface area contributed by atoms with E-state index < -0.39 is 23.4 Å². The van der Waals surface area contributed by atoms with Gasteiger partial charge in [0.2, 0.25) is 0 Å². The molecule has 2 aromatic heterocycles. The summed E-state index contributed by atoms with van der Waals surface area (Å²) in [6.45, 7) is 15.2. The summed E-state index contributed by atoms with van der Waals surface area (Å²) in [6, 6.07) is 22.6. The van der Waals surface area contributed by atoms with Crippen molar-refractivity contribution in [1.82, 2.24) is 9.97 Å². The molecule has 278 valence electrons. The second-order valence-electron chi connectivity index (χ2n) is 14.2. The van der Waals surface area contributed by atoms with Crippen LogP contribution in [0.15, 0.2) is 120 Å². The first-order valence-corrected chi connectivity index (χ1v) is 23.2. The molecule has 0 aliphatic rings. The van der Waals surface area contributed by atoms with E-state index in [0.717, 1.165) is 28.3 Å². The quantitative estimate of drug-likeness (QED) is 0.0531. The number of rotatable bonds is 19. The molecule has 4 rings (SSSR count). The summed E-state index contributed by atoms with van der Waals surface area (Å²) in [5.41, 5.74) is 3.30. The van der Waals surface area contributed by atoms with E-state index in [0.29, 0.717) is 37.1 Å². The highest BCUT2D eigenvalue weighted by atomic mass is 32.2. The number of thioether (sulfide) groups is 1. The van der Waals surface area contributed by atoms with Crippen molar-refractivity contribution < 1.29 is 22.3 Å². The van der Waals surface area contributed by atoms with E-state index in [1.54, 1.807) is 68.7 Å². The topological polar surface area (TPSA) is 87.6 Å². The van der Waals surface area contributed by atoms with Crippen molar-refractivity contribution in [2.45, 2.75) is 97.9 Å². The Morgan fingerprint density at radius 1 is 0.846 bits per heavy atom. The molecular formula is C42H54N2O5S2Si. The zero-order valence-electron chi connectivity index (χ0n) is 31.7. The first-order valence-electron chi connectivity index (χ1n) is 17.8. The molecule has 4 aromatic rings. The SMILES string of the molecule is C=CC(CCc1c(OC)ccnc1C(C/C=C/CCc1c(OC)ccnc1CSc1ccccc1)S(=O)(=O)c1ccccc1)O[Si](C)(C)C(C)(C)C. The summed E-state index contributed by atoms with van der Waals surface area (Å²) in [6.07, 6.45) is 11.9. The lowest BCUT2D eigenvalue weighted by Crippen LogP contribution is -2.43. The van der Waals surface area contributed by atoms with Crippen molar-refractivity contribution in [1.29, 1.82) is 0 Å². The minimum absolute atomic E-state index is 0.0391. The second kappa shape index (κ2) is 18.9. The Labute approximate surface area is 317 Å². The van der Waals surface area contributed by atoms with Gasteiger partial charge in [0.1, 0.15) is 16.7 Å². The number of methoxy groups -OCH3 is 2. The van der Waals surface area contributed by atoms with Gasteiger partial charge < -0.3 is 13.9 Å². The van der Waals surface area contributed by atoms with E-state index >= 15 is 0 Å². The van der Waals surface area contributed by atoms with Crippen molar-refractivity contribution >= 4 is 29.9 Å². The van der Waals surface area contributed by atoms with E-state index in [4.69, 9.17) is 23.9 Å². The summed E-state index contributed by atoms with van der Waals surface area (Å²) in [5.74, 6) is 2.13. The molecule has 0 saturated carbocycles. The van der Waals surface area contributed by atoms with E-state index in [1.165, 1.54) is 4.90 Å².